The Hall–Kier alpha value is -1.58. The molecule has 1 aliphatic rings. The summed E-state index contributed by atoms with van der Waals surface area (Å²) in [6, 6.07) is 0. The van der Waals surface area contributed by atoms with Gasteiger partial charge in [-0.15, -0.1) is 0 Å². The van der Waals surface area contributed by atoms with E-state index in [9.17, 15) is 9.59 Å². The van der Waals surface area contributed by atoms with E-state index < -0.39 is 0 Å². The molecule has 0 atom stereocenters. The summed E-state index contributed by atoms with van der Waals surface area (Å²) in [5.41, 5.74) is 4.60. The van der Waals surface area contributed by atoms with Crippen LogP contribution in [0.15, 0.2) is 0 Å². The van der Waals surface area contributed by atoms with Crippen LogP contribution in [0.5, 0.6) is 0 Å². The first kappa shape index (κ1) is 16.8. The molecule has 0 radical (unpaired) electrons. The van der Waals surface area contributed by atoms with Crippen molar-refractivity contribution in [3.63, 3.8) is 0 Å². The van der Waals surface area contributed by atoms with Crippen LogP contribution in [0, 0.1) is 13.8 Å². The molecular weight excluding hydrogens is 278 g/mol. The van der Waals surface area contributed by atoms with Gasteiger partial charge in [-0.3, -0.25) is 9.59 Å². The molecule has 1 heterocycles. The molecule has 0 spiro atoms. The number of carbonyl (C=O) groups excluding carboxylic acids is 2. The first-order valence-electron chi connectivity index (χ1n) is 8.43. The van der Waals surface area contributed by atoms with Crippen LogP contribution in [0.2, 0.25) is 0 Å². The summed E-state index contributed by atoms with van der Waals surface area (Å²) in [5.74, 6) is 0.210. The Kier molecular flexibility index (Phi) is 5.81. The number of hydrogen-bond acceptors (Lipinski definition) is 3. The predicted molar refractivity (Wildman–Crippen MR) is 86.3 cm³/mol. The first-order valence-corrected chi connectivity index (χ1v) is 8.43. The SMILES string of the molecule is CCOC(=O)CCCCCn1c(C)c(C)c2c1CCCC2=O. The van der Waals surface area contributed by atoms with E-state index in [1.54, 1.807) is 0 Å². The highest BCUT2D eigenvalue weighted by Gasteiger charge is 2.25. The molecule has 0 N–H and O–H groups in total. The standard InChI is InChI=1S/C18H27NO3/c1-4-22-17(21)11-6-5-7-12-19-14(3)13(2)18-15(19)9-8-10-16(18)20/h4-12H2,1-3H3. The van der Waals surface area contributed by atoms with E-state index in [2.05, 4.69) is 18.4 Å². The lowest BCUT2D eigenvalue weighted by atomic mass is 9.94. The largest absolute Gasteiger partial charge is 0.466 e. The highest BCUT2D eigenvalue weighted by molar-refractivity contribution is 6.00. The molecule has 1 aliphatic carbocycles. The van der Waals surface area contributed by atoms with Gasteiger partial charge in [-0.1, -0.05) is 6.42 Å². The zero-order valence-corrected chi connectivity index (χ0v) is 14.0. The van der Waals surface area contributed by atoms with E-state index in [0.717, 1.165) is 49.8 Å². The fourth-order valence-corrected chi connectivity index (χ4v) is 3.36. The molecule has 0 amide bonds. The van der Waals surface area contributed by atoms with Gasteiger partial charge in [0.1, 0.15) is 0 Å². The number of ether oxygens (including phenoxy) is 1. The van der Waals surface area contributed by atoms with Gasteiger partial charge in [-0.05, 0) is 52.0 Å². The number of fused-ring (bicyclic) bond motifs is 1. The smallest absolute Gasteiger partial charge is 0.305 e. The van der Waals surface area contributed by atoms with Crippen molar-refractivity contribution in [3.8, 4) is 0 Å². The molecule has 1 aromatic rings. The van der Waals surface area contributed by atoms with Crippen molar-refractivity contribution in [2.24, 2.45) is 0 Å². The zero-order valence-electron chi connectivity index (χ0n) is 14.0. The molecule has 22 heavy (non-hydrogen) atoms. The Morgan fingerprint density at radius 3 is 2.68 bits per heavy atom. The molecule has 0 bridgehead atoms. The molecule has 0 unspecified atom stereocenters. The Morgan fingerprint density at radius 1 is 1.18 bits per heavy atom. The van der Waals surface area contributed by atoms with Crippen molar-refractivity contribution in [1.82, 2.24) is 4.57 Å². The van der Waals surface area contributed by atoms with Gasteiger partial charge < -0.3 is 9.30 Å². The maximum Gasteiger partial charge on any atom is 0.305 e. The predicted octanol–water partition coefficient (Wildman–Crippen LogP) is 3.75. The van der Waals surface area contributed by atoms with Crippen LogP contribution in [0.4, 0.5) is 0 Å². The fourth-order valence-electron chi connectivity index (χ4n) is 3.36. The van der Waals surface area contributed by atoms with E-state index in [4.69, 9.17) is 4.74 Å². The van der Waals surface area contributed by atoms with E-state index in [0.29, 0.717) is 25.2 Å². The summed E-state index contributed by atoms with van der Waals surface area (Å²) in [6.07, 6.45) is 6.10. The third kappa shape index (κ3) is 3.60. The average molecular weight is 305 g/mol. The maximum absolute atomic E-state index is 12.1. The Morgan fingerprint density at radius 2 is 1.95 bits per heavy atom. The van der Waals surface area contributed by atoms with Crippen molar-refractivity contribution in [1.29, 1.82) is 0 Å². The van der Waals surface area contributed by atoms with E-state index >= 15 is 0 Å². The van der Waals surface area contributed by atoms with Gasteiger partial charge in [-0.25, -0.2) is 0 Å². The lowest BCUT2D eigenvalue weighted by Crippen LogP contribution is -2.14. The number of unbranched alkanes of at least 4 members (excludes halogenated alkanes) is 2. The van der Waals surface area contributed by atoms with Crippen LogP contribution < -0.4 is 0 Å². The van der Waals surface area contributed by atoms with Gasteiger partial charge in [0.2, 0.25) is 0 Å². The normalized spacial score (nSPS) is 14.0. The van der Waals surface area contributed by atoms with Crippen LogP contribution in [0.1, 0.15) is 72.8 Å². The first-order chi connectivity index (χ1) is 10.6. The zero-order chi connectivity index (χ0) is 16.1. The highest BCUT2D eigenvalue weighted by Crippen LogP contribution is 2.29. The number of nitrogens with zero attached hydrogens (tertiary/aromatic N) is 1. The number of rotatable bonds is 7. The fraction of sp³-hybridized carbons (Fsp3) is 0.667. The molecule has 4 nitrogen and oxygen atoms in total. The number of ketones is 1. The van der Waals surface area contributed by atoms with Gasteiger partial charge in [-0.2, -0.15) is 0 Å². The molecule has 1 aromatic heterocycles. The van der Waals surface area contributed by atoms with Crippen molar-refractivity contribution in [2.75, 3.05) is 6.61 Å². The van der Waals surface area contributed by atoms with Gasteiger partial charge in [0.25, 0.3) is 0 Å². The van der Waals surface area contributed by atoms with Crippen LogP contribution in [0.3, 0.4) is 0 Å². The van der Waals surface area contributed by atoms with Crippen molar-refractivity contribution in [3.05, 3.63) is 22.5 Å². The molecule has 122 valence electrons. The number of aromatic nitrogens is 1. The summed E-state index contributed by atoms with van der Waals surface area (Å²) in [6.45, 7) is 7.41. The highest BCUT2D eigenvalue weighted by atomic mass is 16.5. The molecule has 0 saturated carbocycles. The van der Waals surface area contributed by atoms with Gasteiger partial charge in [0.05, 0.1) is 6.61 Å². The van der Waals surface area contributed by atoms with Crippen LogP contribution in [-0.4, -0.2) is 22.9 Å². The van der Waals surface area contributed by atoms with E-state index in [-0.39, 0.29) is 5.97 Å². The Bertz CT molecular complexity index is 557. The maximum atomic E-state index is 12.1. The third-order valence-corrected chi connectivity index (χ3v) is 4.60. The molecule has 0 saturated heterocycles. The molecule has 2 rings (SSSR count). The molecular formula is C18H27NO3. The van der Waals surface area contributed by atoms with Gasteiger partial charge in [0.15, 0.2) is 5.78 Å². The summed E-state index contributed by atoms with van der Waals surface area (Å²) in [5, 5.41) is 0. The van der Waals surface area contributed by atoms with Crippen LogP contribution in [-0.2, 0) is 22.5 Å². The molecule has 0 aromatic carbocycles. The Balaban J connectivity index is 1.90. The summed E-state index contributed by atoms with van der Waals surface area (Å²) < 4.78 is 7.26. The monoisotopic (exact) mass is 305 g/mol. The summed E-state index contributed by atoms with van der Waals surface area (Å²) >= 11 is 0. The van der Waals surface area contributed by atoms with E-state index in [1.165, 1.54) is 11.4 Å². The lowest BCUT2D eigenvalue weighted by Gasteiger charge is -2.16. The minimum atomic E-state index is -0.0986. The van der Waals surface area contributed by atoms with E-state index in [1.807, 2.05) is 6.92 Å². The second kappa shape index (κ2) is 7.61. The van der Waals surface area contributed by atoms with Gasteiger partial charge >= 0.3 is 5.97 Å². The molecule has 0 fully saturated rings. The van der Waals surface area contributed by atoms with Crippen LogP contribution in [0.25, 0.3) is 0 Å². The second-order valence-corrected chi connectivity index (χ2v) is 6.08. The number of hydrogen-bond donors (Lipinski definition) is 0. The lowest BCUT2D eigenvalue weighted by molar-refractivity contribution is -0.143. The minimum Gasteiger partial charge on any atom is -0.466 e. The number of esters is 1. The average Bonchev–Trinajstić information content (AvgIpc) is 2.73. The van der Waals surface area contributed by atoms with Crippen molar-refractivity contribution < 1.29 is 14.3 Å². The summed E-state index contributed by atoms with van der Waals surface area (Å²) in [7, 11) is 0. The second-order valence-electron chi connectivity index (χ2n) is 6.08. The van der Waals surface area contributed by atoms with Crippen LogP contribution >= 0.6 is 0 Å². The van der Waals surface area contributed by atoms with Crippen molar-refractivity contribution >= 4 is 11.8 Å². The third-order valence-electron chi connectivity index (χ3n) is 4.60. The van der Waals surface area contributed by atoms with Crippen molar-refractivity contribution in [2.45, 2.75) is 72.3 Å². The molecule has 0 aliphatic heterocycles. The summed E-state index contributed by atoms with van der Waals surface area (Å²) in [4.78, 5) is 23.4. The molecule has 4 heteroatoms. The minimum absolute atomic E-state index is 0.0986. The Labute approximate surface area is 132 Å². The number of carbonyl (C=O) groups is 2. The van der Waals surface area contributed by atoms with Gasteiger partial charge in [0, 0.05) is 36.3 Å². The quantitative estimate of drug-likeness (QED) is 0.569. The topological polar surface area (TPSA) is 48.3 Å². The number of Topliss-reactive ketones (excluding diaryl/α,β-unsaturated/α-hetero) is 1.